The maximum Gasteiger partial charge on any atom is 0.243 e. The van der Waals surface area contributed by atoms with Crippen molar-refractivity contribution < 1.29 is 9.53 Å². The maximum atomic E-state index is 11.8. The normalized spacial score (nSPS) is 16.9. The molecule has 1 aromatic heterocycles. The largest absolute Gasteiger partial charge is 0.381 e. The van der Waals surface area contributed by atoms with Crippen molar-refractivity contribution in [3.63, 3.8) is 0 Å². The molecular formula is C17H30IN5O2S. The quantitative estimate of drug-likeness (QED) is 0.341. The first-order valence-electron chi connectivity index (χ1n) is 8.68. The second-order valence-electron chi connectivity index (χ2n) is 6.49. The Hall–Kier alpha value is -0.940. The van der Waals surface area contributed by atoms with Gasteiger partial charge < -0.3 is 20.3 Å². The van der Waals surface area contributed by atoms with Crippen LogP contribution in [0.1, 0.15) is 22.0 Å². The van der Waals surface area contributed by atoms with Crippen molar-refractivity contribution in [3.8, 4) is 0 Å². The number of nitrogens with zero attached hydrogens (tertiary/aromatic N) is 3. The molecule has 0 saturated carbocycles. The van der Waals surface area contributed by atoms with Crippen LogP contribution in [0.5, 0.6) is 0 Å². The van der Waals surface area contributed by atoms with Crippen LogP contribution in [0, 0.1) is 19.8 Å². The predicted octanol–water partition coefficient (Wildman–Crippen LogP) is 1.58. The van der Waals surface area contributed by atoms with E-state index in [0.717, 1.165) is 49.8 Å². The third-order valence-electron chi connectivity index (χ3n) is 4.16. The van der Waals surface area contributed by atoms with E-state index in [4.69, 9.17) is 4.74 Å². The second-order valence-corrected chi connectivity index (χ2v) is 7.78. The number of nitrogens with one attached hydrogen (secondary N) is 2. The molecule has 0 radical (unpaired) electrons. The minimum atomic E-state index is -0.0172. The highest BCUT2D eigenvalue weighted by atomic mass is 127. The first-order chi connectivity index (χ1) is 12.0. The molecule has 1 aliphatic heterocycles. The van der Waals surface area contributed by atoms with Gasteiger partial charge in [0.05, 0.1) is 17.3 Å². The first-order valence-corrected chi connectivity index (χ1v) is 9.50. The third kappa shape index (κ3) is 7.75. The van der Waals surface area contributed by atoms with E-state index in [1.165, 1.54) is 4.88 Å². The van der Waals surface area contributed by atoms with E-state index in [9.17, 15) is 4.79 Å². The van der Waals surface area contributed by atoms with E-state index in [-0.39, 0.29) is 36.4 Å². The lowest BCUT2D eigenvalue weighted by atomic mass is 10.1. The van der Waals surface area contributed by atoms with Crippen molar-refractivity contribution in [2.75, 3.05) is 46.9 Å². The van der Waals surface area contributed by atoms with Gasteiger partial charge in [-0.05, 0) is 20.3 Å². The van der Waals surface area contributed by atoms with E-state index in [1.807, 2.05) is 6.92 Å². The van der Waals surface area contributed by atoms with Gasteiger partial charge in [0, 0.05) is 51.0 Å². The van der Waals surface area contributed by atoms with Gasteiger partial charge in [-0.25, -0.2) is 9.98 Å². The summed E-state index contributed by atoms with van der Waals surface area (Å²) in [7, 11) is 3.47. The molecule has 2 heterocycles. The Labute approximate surface area is 177 Å². The van der Waals surface area contributed by atoms with Crippen LogP contribution in [0.3, 0.4) is 0 Å². The molecule has 1 unspecified atom stereocenters. The number of amides is 1. The lowest BCUT2D eigenvalue weighted by Crippen LogP contribution is -2.41. The van der Waals surface area contributed by atoms with Crippen LogP contribution in [0.4, 0.5) is 0 Å². The van der Waals surface area contributed by atoms with Gasteiger partial charge in [0.15, 0.2) is 5.96 Å². The molecular weight excluding hydrogens is 465 g/mol. The number of guanidine groups is 1. The van der Waals surface area contributed by atoms with Crippen molar-refractivity contribution in [3.05, 3.63) is 15.6 Å². The summed E-state index contributed by atoms with van der Waals surface area (Å²) in [4.78, 5) is 23.6. The number of hydrogen-bond donors (Lipinski definition) is 2. The number of ether oxygens (including phenoxy) is 1. The van der Waals surface area contributed by atoms with E-state index >= 15 is 0 Å². The molecule has 1 atom stereocenters. The molecule has 1 amide bonds. The number of aryl methyl sites for hydroxylation is 2. The lowest BCUT2D eigenvalue weighted by Gasteiger charge is -2.15. The maximum absolute atomic E-state index is 11.8. The van der Waals surface area contributed by atoms with Crippen LogP contribution in [-0.2, 0) is 16.0 Å². The van der Waals surface area contributed by atoms with Crippen LogP contribution in [0.2, 0.25) is 0 Å². The van der Waals surface area contributed by atoms with E-state index in [2.05, 4.69) is 27.5 Å². The van der Waals surface area contributed by atoms with Gasteiger partial charge >= 0.3 is 0 Å². The smallest absolute Gasteiger partial charge is 0.243 e. The third-order valence-corrected chi connectivity index (χ3v) is 5.29. The van der Waals surface area contributed by atoms with Crippen molar-refractivity contribution in [1.29, 1.82) is 0 Å². The summed E-state index contributed by atoms with van der Waals surface area (Å²) in [6, 6.07) is 0. The molecule has 1 fully saturated rings. The monoisotopic (exact) mass is 495 g/mol. The fourth-order valence-electron chi connectivity index (χ4n) is 2.38. The molecule has 0 bridgehead atoms. The predicted molar refractivity (Wildman–Crippen MR) is 117 cm³/mol. The van der Waals surface area contributed by atoms with Crippen LogP contribution >= 0.6 is 35.3 Å². The molecule has 7 nitrogen and oxygen atoms in total. The summed E-state index contributed by atoms with van der Waals surface area (Å²) in [6.07, 6.45) is 1.91. The number of carbonyl (C=O) groups excluding carboxylic acids is 1. The Bertz CT molecular complexity index is 580. The van der Waals surface area contributed by atoms with Gasteiger partial charge in [-0.15, -0.1) is 35.3 Å². The Kier molecular flexibility index (Phi) is 10.4. The van der Waals surface area contributed by atoms with Gasteiger partial charge in [0.1, 0.15) is 6.54 Å². The molecule has 2 N–H and O–H groups in total. The summed E-state index contributed by atoms with van der Waals surface area (Å²) < 4.78 is 5.40. The van der Waals surface area contributed by atoms with Gasteiger partial charge in [-0.1, -0.05) is 0 Å². The summed E-state index contributed by atoms with van der Waals surface area (Å²) in [5, 5.41) is 7.76. The van der Waals surface area contributed by atoms with Crippen molar-refractivity contribution in [1.82, 2.24) is 20.5 Å². The SMILES string of the molecule is Cc1nc(CCNC(=NCC(=O)N(C)C)NCC2CCOC2)sc1C.I. The standard InChI is InChI=1S/C17H29N5O2S.HI/c1-12-13(2)25-15(21-12)5-7-18-17(20-10-16(23)22(3)4)19-9-14-6-8-24-11-14;/h14H,5-11H2,1-4H3,(H2,18,19,20);1H. The molecule has 1 aromatic rings. The summed E-state index contributed by atoms with van der Waals surface area (Å²) >= 11 is 1.73. The number of hydrogen-bond acceptors (Lipinski definition) is 5. The van der Waals surface area contributed by atoms with Gasteiger partial charge in [-0.3, -0.25) is 4.79 Å². The zero-order valence-corrected chi connectivity index (χ0v) is 19.1. The highest BCUT2D eigenvalue weighted by molar-refractivity contribution is 14.0. The molecule has 0 aromatic carbocycles. The summed E-state index contributed by atoms with van der Waals surface area (Å²) in [5.74, 6) is 1.16. The fourth-order valence-corrected chi connectivity index (χ4v) is 3.32. The first kappa shape index (κ1) is 23.1. The lowest BCUT2D eigenvalue weighted by molar-refractivity contribution is -0.127. The number of aromatic nitrogens is 1. The van der Waals surface area contributed by atoms with E-state index in [0.29, 0.717) is 11.9 Å². The van der Waals surface area contributed by atoms with Crippen LogP contribution in [0.25, 0.3) is 0 Å². The minimum absolute atomic E-state index is 0. The van der Waals surface area contributed by atoms with Gasteiger partial charge in [0.25, 0.3) is 0 Å². The topological polar surface area (TPSA) is 78.9 Å². The minimum Gasteiger partial charge on any atom is -0.381 e. The van der Waals surface area contributed by atoms with Crippen molar-refractivity contribution >= 4 is 47.2 Å². The average Bonchev–Trinajstić information content (AvgIpc) is 3.19. The Balaban J connectivity index is 0.00000338. The number of thiazole rings is 1. The van der Waals surface area contributed by atoms with Crippen molar-refractivity contribution in [2.24, 2.45) is 10.9 Å². The number of aliphatic imine (C=N–C) groups is 1. The molecule has 0 spiro atoms. The number of halogens is 1. The Morgan fingerprint density at radius 2 is 2.15 bits per heavy atom. The van der Waals surface area contributed by atoms with E-state index in [1.54, 1.807) is 30.3 Å². The average molecular weight is 495 g/mol. The van der Waals surface area contributed by atoms with Crippen molar-refractivity contribution in [2.45, 2.75) is 26.7 Å². The molecule has 1 saturated heterocycles. The van der Waals surface area contributed by atoms with Crippen LogP contribution in [-0.4, -0.2) is 68.7 Å². The number of rotatable bonds is 7. The van der Waals surface area contributed by atoms with Gasteiger partial charge in [-0.2, -0.15) is 0 Å². The van der Waals surface area contributed by atoms with Crippen LogP contribution in [0.15, 0.2) is 4.99 Å². The zero-order chi connectivity index (χ0) is 18.2. The number of carbonyl (C=O) groups is 1. The fraction of sp³-hybridized carbons (Fsp3) is 0.706. The second kappa shape index (κ2) is 11.7. The molecule has 26 heavy (non-hydrogen) atoms. The molecule has 148 valence electrons. The summed E-state index contributed by atoms with van der Waals surface area (Å²) in [6.45, 7) is 7.41. The Morgan fingerprint density at radius 3 is 2.73 bits per heavy atom. The molecule has 9 heteroatoms. The zero-order valence-electron chi connectivity index (χ0n) is 16.0. The summed E-state index contributed by atoms with van der Waals surface area (Å²) in [5.41, 5.74) is 1.10. The molecule has 2 rings (SSSR count). The highest BCUT2D eigenvalue weighted by Crippen LogP contribution is 2.16. The Morgan fingerprint density at radius 1 is 1.38 bits per heavy atom. The molecule has 1 aliphatic rings. The highest BCUT2D eigenvalue weighted by Gasteiger charge is 2.16. The van der Waals surface area contributed by atoms with Crippen LogP contribution < -0.4 is 10.6 Å². The van der Waals surface area contributed by atoms with E-state index < -0.39 is 0 Å². The van der Waals surface area contributed by atoms with Gasteiger partial charge in [0.2, 0.25) is 5.91 Å². The number of likely N-dealkylation sites (N-methyl/N-ethyl adjacent to an activating group) is 1. The molecule has 0 aliphatic carbocycles.